The van der Waals surface area contributed by atoms with Crippen molar-refractivity contribution in [2.45, 2.75) is 0 Å². The minimum atomic E-state index is 1.35. The fourth-order valence-electron chi connectivity index (χ4n) is 1.81. The summed E-state index contributed by atoms with van der Waals surface area (Å²) < 4.78 is 2.75. The molecular formula is C16H14O2S2. The van der Waals surface area contributed by atoms with E-state index in [1.807, 2.05) is 0 Å². The van der Waals surface area contributed by atoms with Gasteiger partial charge in [-0.15, -0.1) is 22.7 Å². The SMILES string of the molecule is OO.c1ccc2sccc2c1.c1ccc2sccc2c1. The van der Waals surface area contributed by atoms with Gasteiger partial charge in [-0.2, -0.15) is 0 Å². The number of hydrogen-bond donors (Lipinski definition) is 2. The van der Waals surface area contributed by atoms with Gasteiger partial charge in [0.25, 0.3) is 0 Å². The third-order valence-electron chi connectivity index (χ3n) is 2.72. The lowest BCUT2D eigenvalue weighted by atomic mass is 10.3. The zero-order chi connectivity index (χ0) is 14.2. The number of fused-ring (bicyclic) bond motifs is 2. The first-order chi connectivity index (χ1) is 9.93. The smallest absolute Gasteiger partial charge is 0.0342 e. The number of benzene rings is 2. The van der Waals surface area contributed by atoms with Crippen LogP contribution in [0.25, 0.3) is 20.2 Å². The van der Waals surface area contributed by atoms with Gasteiger partial charge in [0.05, 0.1) is 0 Å². The van der Waals surface area contributed by atoms with Crippen molar-refractivity contribution in [2.24, 2.45) is 0 Å². The summed E-state index contributed by atoms with van der Waals surface area (Å²) in [4.78, 5) is 0. The Morgan fingerprint density at radius 2 is 0.950 bits per heavy atom. The molecule has 2 N–H and O–H groups in total. The summed E-state index contributed by atoms with van der Waals surface area (Å²) in [6.07, 6.45) is 0. The van der Waals surface area contributed by atoms with E-state index >= 15 is 0 Å². The average molecular weight is 302 g/mol. The first-order valence-electron chi connectivity index (χ1n) is 5.98. The number of thiophene rings is 2. The van der Waals surface area contributed by atoms with Crippen molar-refractivity contribution in [2.75, 3.05) is 0 Å². The number of rotatable bonds is 0. The number of hydrogen-bond acceptors (Lipinski definition) is 4. The Morgan fingerprint density at radius 3 is 1.35 bits per heavy atom. The van der Waals surface area contributed by atoms with E-state index in [1.165, 1.54) is 20.2 Å². The van der Waals surface area contributed by atoms with Crippen molar-refractivity contribution in [3.05, 3.63) is 71.4 Å². The van der Waals surface area contributed by atoms with Gasteiger partial charge in [0.15, 0.2) is 0 Å². The maximum atomic E-state index is 6.00. The lowest BCUT2D eigenvalue weighted by Gasteiger charge is -1.82. The van der Waals surface area contributed by atoms with E-state index in [0.717, 1.165) is 0 Å². The van der Waals surface area contributed by atoms with Crippen molar-refractivity contribution in [3.8, 4) is 0 Å². The van der Waals surface area contributed by atoms with Gasteiger partial charge in [0.2, 0.25) is 0 Å². The van der Waals surface area contributed by atoms with Gasteiger partial charge in [-0.05, 0) is 45.8 Å². The highest BCUT2D eigenvalue weighted by Crippen LogP contribution is 2.19. The summed E-state index contributed by atoms with van der Waals surface area (Å²) in [5, 5.41) is 18.9. The van der Waals surface area contributed by atoms with E-state index in [2.05, 4.69) is 71.4 Å². The van der Waals surface area contributed by atoms with Crippen LogP contribution in [0.15, 0.2) is 71.4 Å². The topological polar surface area (TPSA) is 40.5 Å². The van der Waals surface area contributed by atoms with Crippen LogP contribution in [-0.2, 0) is 0 Å². The highest BCUT2D eigenvalue weighted by Gasteiger charge is 1.88. The molecule has 0 unspecified atom stereocenters. The molecule has 0 amide bonds. The van der Waals surface area contributed by atoms with Gasteiger partial charge in [-0.25, -0.2) is 0 Å². The molecule has 20 heavy (non-hydrogen) atoms. The van der Waals surface area contributed by atoms with Crippen LogP contribution in [0.4, 0.5) is 0 Å². The molecule has 0 saturated heterocycles. The van der Waals surface area contributed by atoms with Gasteiger partial charge in [-0.1, -0.05) is 36.4 Å². The van der Waals surface area contributed by atoms with Crippen molar-refractivity contribution < 1.29 is 10.5 Å². The minimum Gasteiger partial charge on any atom is -0.255 e. The van der Waals surface area contributed by atoms with Crippen molar-refractivity contribution in [1.29, 1.82) is 0 Å². The van der Waals surface area contributed by atoms with E-state index in [9.17, 15) is 0 Å². The molecule has 0 spiro atoms. The first-order valence-corrected chi connectivity index (χ1v) is 7.74. The fourth-order valence-corrected chi connectivity index (χ4v) is 3.39. The maximum Gasteiger partial charge on any atom is 0.0342 e. The van der Waals surface area contributed by atoms with E-state index in [-0.39, 0.29) is 0 Å². The molecule has 0 bridgehead atoms. The Bertz CT molecular complexity index is 632. The van der Waals surface area contributed by atoms with Crippen LogP contribution < -0.4 is 0 Å². The van der Waals surface area contributed by atoms with E-state index in [4.69, 9.17) is 10.5 Å². The molecule has 2 aromatic heterocycles. The summed E-state index contributed by atoms with van der Waals surface area (Å²) >= 11 is 3.57. The fraction of sp³-hybridized carbons (Fsp3) is 0. The Kier molecular flexibility index (Phi) is 5.70. The molecule has 0 atom stereocenters. The first kappa shape index (κ1) is 14.7. The second-order valence-corrected chi connectivity index (χ2v) is 5.81. The summed E-state index contributed by atoms with van der Waals surface area (Å²) in [5.41, 5.74) is 0. The average Bonchev–Trinajstić information content (AvgIpc) is 3.18. The zero-order valence-electron chi connectivity index (χ0n) is 10.6. The Labute approximate surface area is 125 Å². The van der Waals surface area contributed by atoms with Crippen LogP contribution in [0.3, 0.4) is 0 Å². The summed E-state index contributed by atoms with van der Waals surface area (Å²) in [7, 11) is 0. The van der Waals surface area contributed by atoms with Gasteiger partial charge in [-0.3, -0.25) is 10.5 Å². The molecule has 0 saturated carbocycles. The largest absolute Gasteiger partial charge is 0.255 e. The van der Waals surface area contributed by atoms with Crippen LogP contribution in [0.5, 0.6) is 0 Å². The molecule has 0 aliphatic heterocycles. The maximum absolute atomic E-state index is 6.00. The zero-order valence-corrected chi connectivity index (χ0v) is 12.3. The molecule has 0 radical (unpaired) electrons. The van der Waals surface area contributed by atoms with Crippen LogP contribution in [0.2, 0.25) is 0 Å². The van der Waals surface area contributed by atoms with Crippen LogP contribution in [-0.4, -0.2) is 10.5 Å². The third kappa shape index (κ3) is 3.65. The molecule has 2 aromatic carbocycles. The molecule has 0 fully saturated rings. The van der Waals surface area contributed by atoms with E-state index in [1.54, 1.807) is 22.7 Å². The molecule has 4 rings (SSSR count). The van der Waals surface area contributed by atoms with Crippen LogP contribution in [0.1, 0.15) is 0 Å². The molecular weight excluding hydrogens is 288 g/mol. The van der Waals surface area contributed by atoms with E-state index < -0.39 is 0 Å². The van der Waals surface area contributed by atoms with Gasteiger partial charge >= 0.3 is 0 Å². The van der Waals surface area contributed by atoms with Crippen molar-refractivity contribution >= 4 is 42.8 Å². The van der Waals surface area contributed by atoms with Crippen molar-refractivity contribution in [1.82, 2.24) is 0 Å². The predicted molar refractivity (Wildman–Crippen MR) is 88.9 cm³/mol. The summed E-state index contributed by atoms with van der Waals surface area (Å²) in [5.74, 6) is 0. The van der Waals surface area contributed by atoms with Gasteiger partial charge in [0.1, 0.15) is 0 Å². The molecule has 2 nitrogen and oxygen atoms in total. The lowest BCUT2D eigenvalue weighted by molar-refractivity contribution is -0.176. The van der Waals surface area contributed by atoms with Crippen molar-refractivity contribution in [3.63, 3.8) is 0 Å². The van der Waals surface area contributed by atoms with E-state index in [0.29, 0.717) is 0 Å². The Morgan fingerprint density at radius 1 is 0.550 bits per heavy atom. The monoisotopic (exact) mass is 302 g/mol. The minimum absolute atomic E-state index is 1.35. The highest BCUT2D eigenvalue weighted by molar-refractivity contribution is 7.17. The standard InChI is InChI=1S/2C8H6S.H2O2/c2*1-2-4-8-7(3-1)5-6-9-8;1-2/h2*1-6H;1-2H. The van der Waals surface area contributed by atoms with Crippen LogP contribution in [0, 0.1) is 0 Å². The second-order valence-electron chi connectivity index (χ2n) is 3.92. The van der Waals surface area contributed by atoms with Crippen LogP contribution >= 0.6 is 22.7 Å². The molecule has 0 aliphatic carbocycles. The summed E-state index contributed by atoms with van der Waals surface area (Å²) in [6, 6.07) is 21.1. The Balaban J connectivity index is 0.000000131. The van der Waals surface area contributed by atoms with Gasteiger partial charge < -0.3 is 0 Å². The molecule has 0 aliphatic rings. The molecule has 4 aromatic rings. The molecule has 4 heteroatoms. The second kappa shape index (κ2) is 7.77. The Hall–Kier alpha value is -1.72. The molecule has 102 valence electrons. The predicted octanol–water partition coefficient (Wildman–Crippen LogP) is 5.82. The lowest BCUT2D eigenvalue weighted by Crippen LogP contribution is -1.56. The normalized spacial score (nSPS) is 9.50. The quantitative estimate of drug-likeness (QED) is 0.317. The third-order valence-corrected chi connectivity index (χ3v) is 4.52. The highest BCUT2D eigenvalue weighted by atomic mass is 32.1. The van der Waals surface area contributed by atoms with Gasteiger partial charge in [0, 0.05) is 9.40 Å². The molecule has 2 heterocycles. The summed E-state index contributed by atoms with van der Waals surface area (Å²) in [6.45, 7) is 0.